The third kappa shape index (κ3) is 12.6. The van der Waals surface area contributed by atoms with Crippen LogP contribution in [0.5, 0.6) is 0 Å². The maximum Gasteiger partial charge on any atom is 1.00 e. The van der Waals surface area contributed by atoms with E-state index in [0.29, 0.717) is 0 Å². The van der Waals surface area contributed by atoms with Crippen molar-refractivity contribution in [2.75, 3.05) is 0 Å². The second kappa shape index (κ2) is 4.81. The van der Waals surface area contributed by atoms with Crippen LogP contribution in [0.2, 0.25) is 0 Å². The third-order valence-corrected chi connectivity index (χ3v) is 1.91. The van der Waals surface area contributed by atoms with Gasteiger partial charge in [-0.25, -0.2) is 9.13 Å². The fourth-order valence-electron chi connectivity index (χ4n) is 0.139. The van der Waals surface area contributed by atoms with Crippen LogP contribution < -0.4 is 51.4 Å². The first-order valence-electron chi connectivity index (χ1n) is 1.53. The molecule has 56 valence electrons. The molecule has 0 unspecified atom stereocenters. The minimum Gasteiger partial charge on any atom is -0.302 e. The van der Waals surface area contributed by atoms with Crippen molar-refractivity contribution >= 4 is 15.6 Å². The van der Waals surface area contributed by atoms with E-state index in [2.05, 4.69) is 4.31 Å². The first-order chi connectivity index (χ1) is 3.71. The summed E-state index contributed by atoms with van der Waals surface area (Å²) in [6.45, 7) is 0. The van der Waals surface area contributed by atoms with Crippen LogP contribution in [-0.4, -0.2) is 19.6 Å². The molecule has 0 aliphatic rings. The summed E-state index contributed by atoms with van der Waals surface area (Å²) in [5.74, 6) is 0. The Kier molecular flexibility index (Phi) is 6.94. The van der Waals surface area contributed by atoms with Crippen molar-refractivity contribution in [2.24, 2.45) is 0 Å². The maximum atomic E-state index is 9.63. The number of hydrogen-bond acceptors (Lipinski definition) is 3. The van der Waals surface area contributed by atoms with Gasteiger partial charge < -0.3 is 19.6 Å². The second-order valence-corrected chi connectivity index (χ2v) is 3.68. The molecule has 0 radical (unpaired) electrons. The van der Waals surface area contributed by atoms with Crippen LogP contribution in [0.4, 0.5) is 0 Å². The molecule has 0 amide bonds. The molecule has 0 aromatic rings. The fourth-order valence-corrected chi connectivity index (χ4v) is 1.25. The molecule has 0 fully saturated rings. The van der Waals surface area contributed by atoms with Gasteiger partial charge in [-0.3, -0.25) is 0 Å². The van der Waals surface area contributed by atoms with Crippen molar-refractivity contribution in [3.8, 4) is 0 Å². The van der Waals surface area contributed by atoms with Gasteiger partial charge in [0.25, 0.3) is 0 Å². The van der Waals surface area contributed by atoms with Gasteiger partial charge >= 0.3 is 67.0 Å². The normalized spacial score (nSPS) is 12.4. The quantitative estimate of drug-likeness (QED) is 0.276. The zero-order valence-corrected chi connectivity index (χ0v) is 9.82. The average molecular weight is 217 g/mol. The van der Waals surface area contributed by atoms with Crippen LogP contribution in [0.15, 0.2) is 0 Å². The summed E-state index contributed by atoms with van der Waals surface area (Å²) in [4.78, 5) is 31.0. The molecule has 0 aromatic carbocycles. The van der Waals surface area contributed by atoms with Crippen molar-refractivity contribution in [1.29, 1.82) is 0 Å². The van der Waals surface area contributed by atoms with Gasteiger partial charge in [-0.1, -0.05) is 0 Å². The van der Waals surface area contributed by atoms with Gasteiger partial charge in [0.2, 0.25) is 0 Å². The zero-order valence-electron chi connectivity index (χ0n) is 4.91. The van der Waals surface area contributed by atoms with E-state index in [1.165, 1.54) is 0 Å². The predicted octanol–water partition coefficient (Wildman–Crippen LogP) is -3.81. The summed E-state index contributed by atoms with van der Waals surface area (Å²) in [5.41, 5.74) is 0. The Bertz CT molecular complexity index is 152. The van der Waals surface area contributed by atoms with Crippen LogP contribution in [0.25, 0.3) is 0 Å². The molecule has 0 aliphatic carbocycles. The van der Waals surface area contributed by atoms with Gasteiger partial charge in [0, 0.05) is 0 Å². The SMILES string of the molecule is O=P(O)(O)OP(=O)(O)O.[K+]. The van der Waals surface area contributed by atoms with E-state index >= 15 is 0 Å². The molecule has 0 atom stereocenters. The van der Waals surface area contributed by atoms with Crippen molar-refractivity contribution in [1.82, 2.24) is 0 Å². The van der Waals surface area contributed by atoms with E-state index in [9.17, 15) is 9.13 Å². The Hall–Kier alpha value is 1.90. The van der Waals surface area contributed by atoms with E-state index in [0.717, 1.165) is 0 Å². The summed E-state index contributed by atoms with van der Waals surface area (Å²) in [7, 11) is -10.1. The van der Waals surface area contributed by atoms with Crippen molar-refractivity contribution in [3.05, 3.63) is 0 Å². The van der Waals surface area contributed by atoms with E-state index < -0.39 is 15.6 Å². The fraction of sp³-hybridized carbons (Fsp3) is 0. The molecular weight excluding hydrogens is 213 g/mol. The van der Waals surface area contributed by atoms with Crippen molar-refractivity contribution in [2.45, 2.75) is 0 Å². The van der Waals surface area contributed by atoms with Crippen molar-refractivity contribution in [3.63, 3.8) is 0 Å². The molecule has 0 aromatic heterocycles. The van der Waals surface area contributed by atoms with Gasteiger partial charge in [-0.2, -0.15) is 4.31 Å². The van der Waals surface area contributed by atoms with E-state index in [4.69, 9.17) is 19.6 Å². The Labute approximate surface area is 98.7 Å². The Morgan fingerprint density at radius 2 is 1.10 bits per heavy atom. The van der Waals surface area contributed by atoms with Crippen LogP contribution in [0.3, 0.4) is 0 Å². The predicted molar refractivity (Wildman–Crippen MR) is 25.2 cm³/mol. The Morgan fingerprint density at radius 1 is 0.900 bits per heavy atom. The number of hydrogen-bond donors (Lipinski definition) is 4. The van der Waals surface area contributed by atoms with E-state index in [1.54, 1.807) is 0 Å². The molecule has 7 nitrogen and oxygen atoms in total. The van der Waals surface area contributed by atoms with Gasteiger partial charge in [0.15, 0.2) is 0 Å². The summed E-state index contributed by atoms with van der Waals surface area (Å²) in [6, 6.07) is 0. The third-order valence-electron chi connectivity index (χ3n) is 0.213. The van der Waals surface area contributed by atoms with Gasteiger partial charge in [-0.05, 0) is 0 Å². The minimum atomic E-state index is -5.05. The topological polar surface area (TPSA) is 124 Å². The molecule has 0 aliphatic heterocycles. The molecule has 4 N–H and O–H groups in total. The summed E-state index contributed by atoms with van der Waals surface area (Å²) in [5, 5.41) is 0. The van der Waals surface area contributed by atoms with Crippen LogP contribution in [0, 0.1) is 0 Å². The molecule has 0 saturated carbocycles. The standard InChI is InChI=1S/K.H4O7P2/c;1-8(2,3)7-9(4,5)6/h;(H2,1,2,3)(H2,4,5,6)/q+1;. The Balaban J connectivity index is 0. The molecule has 0 heterocycles. The zero-order chi connectivity index (χ0) is 7.71. The average Bonchev–Trinajstić information content (AvgIpc) is 1.14. The van der Waals surface area contributed by atoms with Crippen molar-refractivity contribution < 1.29 is 84.4 Å². The first-order valence-corrected chi connectivity index (χ1v) is 4.59. The molecule has 10 heteroatoms. The molecular formula is H4KO7P2+. The number of phosphoric acid groups is 2. The molecule has 0 rings (SSSR count). The van der Waals surface area contributed by atoms with Gasteiger partial charge in [0.05, 0.1) is 0 Å². The number of rotatable bonds is 2. The molecule has 0 spiro atoms. The molecule has 0 saturated heterocycles. The monoisotopic (exact) mass is 217 g/mol. The second-order valence-electron chi connectivity index (χ2n) is 1.06. The molecule has 10 heavy (non-hydrogen) atoms. The first kappa shape index (κ1) is 14.4. The van der Waals surface area contributed by atoms with Crippen LogP contribution >= 0.6 is 15.6 Å². The largest absolute Gasteiger partial charge is 1.00 e. The van der Waals surface area contributed by atoms with Gasteiger partial charge in [-0.15, -0.1) is 0 Å². The summed E-state index contributed by atoms with van der Waals surface area (Å²) < 4.78 is 22.2. The summed E-state index contributed by atoms with van der Waals surface area (Å²) in [6.07, 6.45) is 0. The van der Waals surface area contributed by atoms with E-state index in [-0.39, 0.29) is 51.4 Å². The van der Waals surface area contributed by atoms with Gasteiger partial charge in [0.1, 0.15) is 0 Å². The minimum absolute atomic E-state index is 0. The molecule has 0 bridgehead atoms. The van der Waals surface area contributed by atoms with E-state index in [1.807, 2.05) is 0 Å². The van der Waals surface area contributed by atoms with Crippen LogP contribution in [0.1, 0.15) is 0 Å². The summed E-state index contributed by atoms with van der Waals surface area (Å²) >= 11 is 0. The van der Waals surface area contributed by atoms with Crippen LogP contribution in [-0.2, 0) is 13.4 Å². The maximum absolute atomic E-state index is 9.63. The smallest absolute Gasteiger partial charge is 0.302 e. The Morgan fingerprint density at radius 3 is 1.10 bits per heavy atom.